The first-order valence-electron chi connectivity index (χ1n) is 5.70. The second-order valence-corrected chi connectivity index (χ2v) is 5.62. The molecule has 2 nitrogen and oxygen atoms in total. The molecule has 0 saturated heterocycles. The van der Waals surface area contributed by atoms with Gasteiger partial charge in [0.15, 0.2) is 0 Å². The first kappa shape index (κ1) is 13.8. The van der Waals surface area contributed by atoms with E-state index in [4.69, 9.17) is 5.73 Å². The van der Waals surface area contributed by atoms with E-state index >= 15 is 0 Å². The van der Waals surface area contributed by atoms with Crippen molar-refractivity contribution < 1.29 is 13.2 Å². The summed E-state index contributed by atoms with van der Waals surface area (Å²) in [5.41, 5.74) is 5.35. The zero-order chi connectivity index (χ0) is 12.4. The minimum Gasteiger partial charge on any atom is -0.329 e. The van der Waals surface area contributed by atoms with Crippen LogP contribution in [0.1, 0.15) is 39.5 Å². The summed E-state index contributed by atoms with van der Waals surface area (Å²) in [7, 11) is 0. The van der Waals surface area contributed by atoms with Crippen molar-refractivity contribution in [2.45, 2.75) is 51.2 Å². The lowest BCUT2D eigenvalue weighted by atomic mass is 9.69. The molecule has 16 heavy (non-hydrogen) atoms. The number of hydrogen-bond donors (Lipinski definition) is 2. The van der Waals surface area contributed by atoms with E-state index < -0.39 is 18.3 Å². The van der Waals surface area contributed by atoms with Crippen LogP contribution in [0.3, 0.4) is 0 Å². The van der Waals surface area contributed by atoms with Gasteiger partial charge in [0, 0.05) is 12.1 Å². The summed E-state index contributed by atoms with van der Waals surface area (Å²) in [6, 6.07) is 0. The molecule has 0 amide bonds. The first-order valence-corrected chi connectivity index (χ1v) is 5.70. The second kappa shape index (κ2) is 4.53. The van der Waals surface area contributed by atoms with Gasteiger partial charge in [0.25, 0.3) is 0 Å². The van der Waals surface area contributed by atoms with Crippen LogP contribution in [-0.2, 0) is 0 Å². The number of rotatable bonds is 3. The molecule has 0 aromatic carbocycles. The molecular formula is C11H21F3N2. The molecule has 0 atom stereocenters. The fourth-order valence-corrected chi connectivity index (χ4v) is 2.15. The Labute approximate surface area is 94.8 Å². The minimum absolute atomic E-state index is 0.235. The van der Waals surface area contributed by atoms with Crippen LogP contribution in [0.15, 0.2) is 0 Å². The van der Waals surface area contributed by atoms with E-state index in [0.29, 0.717) is 0 Å². The van der Waals surface area contributed by atoms with E-state index in [1.165, 1.54) is 0 Å². The van der Waals surface area contributed by atoms with E-state index in [1.54, 1.807) is 0 Å². The highest BCUT2D eigenvalue weighted by Gasteiger charge is 2.39. The maximum Gasteiger partial charge on any atom is 0.401 e. The molecule has 0 radical (unpaired) electrons. The molecule has 5 heteroatoms. The molecule has 0 aromatic rings. The van der Waals surface area contributed by atoms with E-state index in [1.807, 2.05) is 0 Å². The maximum atomic E-state index is 12.2. The Hall–Kier alpha value is -0.290. The van der Waals surface area contributed by atoms with Gasteiger partial charge in [-0.2, -0.15) is 13.2 Å². The van der Waals surface area contributed by atoms with Gasteiger partial charge in [-0.15, -0.1) is 0 Å². The SMILES string of the molecule is CC1(C)CCC(CN)(NCC(F)(F)F)CC1. The highest BCUT2D eigenvalue weighted by molar-refractivity contribution is 4.96. The molecule has 1 aliphatic rings. The van der Waals surface area contributed by atoms with Gasteiger partial charge in [0.05, 0.1) is 6.54 Å². The van der Waals surface area contributed by atoms with Crippen molar-refractivity contribution in [1.29, 1.82) is 0 Å². The summed E-state index contributed by atoms with van der Waals surface area (Å²) in [4.78, 5) is 0. The molecule has 1 saturated carbocycles. The van der Waals surface area contributed by atoms with Crippen molar-refractivity contribution in [3.05, 3.63) is 0 Å². The summed E-state index contributed by atoms with van der Waals surface area (Å²) in [6.07, 6.45) is -0.849. The van der Waals surface area contributed by atoms with Crippen LogP contribution in [0.2, 0.25) is 0 Å². The Bertz CT molecular complexity index is 226. The number of halogens is 3. The van der Waals surface area contributed by atoms with E-state index in [2.05, 4.69) is 19.2 Å². The molecule has 0 aliphatic heterocycles. The molecule has 96 valence electrons. The van der Waals surface area contributed by atoms with Crippen LogP contribution in [0, 0.1) is 5.41 Å². The van der Waals surface area contributed by atoms with E-state index in [-0.39, 0.29) is 12.0 Å². The molecule has 0 spiro atoms. The van der Waals surface area contributed by atoms with Crippen LogP contribution < -0.4 is 11.1 Å². The monoisotopic (exact) mass is 238 g/mol. The number of nitrogens with one attached hydrogen (secondary N) is 1. The van der Waals surface area contributed by atoms with E-state index in [0.717, 1.165) is 25.7 Å². The standard InChI is InChI=1S/C11H21F3N2/c1-9(2)3-5-10(7-15,6-4-9)16-8-11(12,13)14/h16H,3-8,15H2,1-2H3. The third-order valence-electron chi connectivity index (χ3n) is 3.62. The molecule has 0 heterocycles. The second-order valence-electron chi connectivity index (χ2n) is 5.62. The lowest BCUT2D eigenvalue weighted by Gasteiger charge is -2.43. The smallest absolute Gasteiger partial charge is 0.329 e. The number of nitrogens with two attached hydrogens (primary N) is 1. The van der Waals surface area contributed by atoms with Crippen molar-refractivity contribution >= 4 is 0 Å². The largest absolute Gasteiger partial charge is 0.401 e. The molecule has 1 aliphatic carbocycles. The van der Waals surface area contributed by atoms with Crippen molar-refractivity contribution in [1.82, 2.24) is 5.32 Å². The number of alkyl halides is 3. The summed E-state index contributed by atoms with van der Waals surface area (Å²) in [5, 5.41) is 2.61. The van der Waals surface area contributed by atoms with Gasteiger partial charge in [0.2, 0.25) is 0 Å². The fourth-order valence-electron chi connectivity index (χ4n) is 2.15. The van der Waals surface area contributed by atoms with Gasteiger partial charge in [-0.3, -0.25) is 0 Å². The summed E-state index contributed by atoms with van der Waals surface area (Å²) in [6.45, 7) is 3.64. The topological polar surface area (TPSA) is 38.0 Å². The Morgan fingerprint density at radius 2 is 1.62 bits per heavy atom. The zero-order valence-corrected chi connectivity index (χ0v) is 9.95. The Morgan fingerprint density at radius 3 is 2.00 bits per heavy atom. The lowest BCUT2D eigenvalue weighted by Crippen LogP contribution is -2.56. The molecule has 0 unspecified atom stereocenters. The average molecular weight is 238 g/mol. The van der Waals surface area contributed by atoms with Gasteiger partial charge < -0.3 is 11.1 Å². The highest BCUT2D eigenvalue weighted by Crippen LogP contribution is 2.39. The Kier molecular flexibility index (Phi) is 3.90. The maximum absolute atomic E-state index is 12.2. The van der Waals surface area contributed by atoms with Gasteiger partial charge >= 0.3 is 6.18 Å². The molecule has 0 bridgehead atoms. The van der Waals surface area contributed by atoms with Crippen molar-refractivity contribution in [3.63, 3.8) is 0 Å². The van der Waals surface area contributed by atoms with Crippen LogP contribution in [-0.4, -0.2) is 24.8 Å². The lowest BCUT2D eigenvalue weighted by molar-refractivity contribution is -0.130. The minimum atomic E-state index is -4.16. The Balaban J connectivity index is 2.53. The molecule has 3 N–H and O–H groups in total. The van der Waals surface area contributed by atoms with Crippen molar-refractivity contribution in [2.75, 3.05) is 13.1 Å². The molecular weight excluding hydrogens is 217 g/mol. The van der Waals surface area contributed by atoms with E-state index in [9.17, 15) is 13.2 Å². The fraction of sp³-hybridized carbons (Fsp3) is 1.00. The van der Waals surface area contributed by atoms with Crippen molar-refractivity contribution in [3.8, 4) is 0 Å². The third kappa shape index (κ3) is 3.94. The van der Waals surface area contributed by atoms with Gasteiger partial charge in [0.1, 0.15) is 0 Å². The van der Waals surface area contributed by atoms with Gasteiger partial charge in [-0.1, -0.05) is 13.8 Å². The van der Waals surface area contributed by atoms with Gasteiger partial charge in [-0.05, 0) is 31.1 Å². The molecule has 1 rings (SSSR count). The highest BCUT2D eigenvalue weighted by atomic mass is 19.4. The van der Waals surface area contributed by atoms with Gasteiger partial charge in [-0.25, -0.2) is 0 Å². The summed E-state index contributed by atoms with van der Waals surface area (Å²) in [5.74, 6) is 0. The van der Waals surface area contributed by atoms with Crippen LogP contribution in [0.4, 0.5) is 13.2 Å². The van der Waals surface area contributed by atoms with Crippen molar-refractivity contribution in [2.24, 2.45) is 11.1 Å². The molecule has 1 fully saturated rings. The van der Waals surface area contributed by atoms with Crippen LogP contribution in [0.5, 0.6) is 0 Å². The van der Waals surface area contributed by atoms with Crippen LogP contribution >= 0.6 is 0 Å². The third-order valence-corrected chi connectivity index (χ3v) is 3.62. The predicted octanol–water partition coefficient (Wildman–Crippen LogP) is 2.44. The first-order chi connectivity index (χ1) is 7.18. The predicted molar refractivity (Wildman–Crippen MR) is 58.1 cm³/mol. The molecule has 0 aromatic heterocycles. The summed E-state index contributed by atoms with van der Waals surface area (Å²) < 4.78 is 36.5. The average Bonchev–Trinajstić information content (AvgIpc) is 2.16. The van der Waals surface area contributed by atoms with Crippen LogP contribution in [0.25, 0.3) is 0 Å². The summed E-state index contributed by atoms with van der Waals surface area (Å²) >= 11 is 0. The zero-order valence-electron chi connectivity index (χ0n) is 9.95. The Morgan fingerprint density at radius 1 is 1.12 bits per heavy atom. The quantitative estimate of drug-likeness (QED) is 0.792. The number of hydrogen-bond acceptors (Lipinski definition) is 2. The normalized spacial score (nSPS) is 24.4.